The molecule has 6 heteroatoms. The molecule has 1 atom stereocenters. The highest BCUT2D eigenvalue weighted by Crippen LogP contribution is 2.49. The van der Waals surface area contributed by atoms with Crippen molar-refractivity contribution in [3.8, 4) is 11.1 Å². The molecule has 1 N–H and O–H groups in total. The van der Waals surface area contributed by atoms with Crippen LogP contribution in [0.1, 0.15) is 72.8 Å². The summed E-state index contributed by atoms with van der Waals surface area (Å²) < 4.78 is 0. The number of anilines is 2. The first kappa shape index (κ1) is 29.7. The number of benzene rings is 3. The van der Waals surface area contributed by atoms with E-state index < -0.39 is 6.04 Å². The molecule has 40 heavy (non-hydrogen) atoms. The third-order valence-electron chi connectivity index (χ3n) is 7.25. The van der Waals surface area contributed by atoms with Crippen LogP contribution in [-0.2, 0) is 16.1 Å². The Morgan fingerprint density at radius 1 is 0.900 bits per heavy atom. The Balaban J connectivity index is 1.52. The molecule has 212 valence electrons. The first-order valence-corrected chi connectivity index (χ1v) is 15.3. The van der Waals surface area contributed by atoms with Crippen molar-refractivity contribution < 1.29 is 9.59 Å². The molecule has 0 radical (unpaired) electrons. The summed E-state index contributed by atoms with van der Waals surface area (Å²) in [5.41, 5.74) is 5.53. The molecule has 3 aromatic carbocycles. The lowest BCUT2D eigenvalue weighted by Gasteiger charge is -2.33. The standard InChI is InChI=1S/C34H43N3O2S/c1-7-8-9-12-21-36-29-13-10-11-14-31(29)40-32-22-28(19-20-30(32)36)27-17-15-26(16-18-27)23-37(25(3)38)24(2)33(39)35-34(4,5)6/h10-11,13-20,22,24H,7-9,12,21,23H2,1-6H3,(H,35,39). The van der Waals surface area contributed by atoms with Crippen molar-refractivity contribution in [3.63, 3.8) is 0 Å². The van der Waals surface area contributed by atoms with Crippen molar-refractivity contribution in [1.29, 1.82) is 0 Å². The Bertz CT molecular complexity index is 1330. The van der Waals surface area contributed by atoms with Crippen LogP contribution in [-0.4, -0.2) is 34.8 Å². The fraction of sp³-hybridized carbons (Fsp3) is 0.412. The number of amides is 2. The van der Waals surface area contributed by atoms with Crippen molar-refractivity contribution >= 4 is 35.0 Å². The lowest BCUT2D eigenvalue weighted by molar-refractivity contribution is -0.139. The van der Waals surface area contributed by atoms with Gasteiger partial charge in [-0.15, -0.1) is 0 Å². The van der Waals surface area contributed by atoms with Gasteiger partial charge in [0.2, 0.25) is 11.8 Å². The van der Waals surface area contributed by atoms with Gasteiger partial charge in [0.05, 0.1) is 11.4 Å². The smallest absolute Gasteiger partial charge is 0.242 e. The topological polar surface area (TPSA) is 52.7 Å². The average Bonchev–Trinajstić information content (AvgIpc) is 2.92. The monoisotopic (exact) mass is 557 g/mol. The van der Waals surface area contributed by atoms with Gasteiger partial charge in [0.1, 0.15) is 6.04 Å². The normalized spacial score (nSPS) is 13.3. The largest absolute Gasteiger partial charge is 0.350 e. The van der Waals surface area contributed by atoms with Crippen LogP contribution in [0.5, 0.6) is 0 Å². The second-order valence-electron chi connectivity index (χ2n) is 11.7. The van der Waals surface area contributed by atoms with Gasteiger partial charge in [-0.25, -0.2) is 0 Å². The zero-order valence-electron chi connectivity index (χ0n) is 24.8. The van der Waals surface area contributed by atoms with Crippen molar-refractivity contribution in [3.05, 3.63) is 72.3 Å². The van der Waals surface area contributed by atoms with Gasteiger partial charge in [-0.05, 0) is 75.1 Å². The minimum absolute atomic E-state index is 0.119. The number of hydrogen-bond donors (Lipinski definition) is 1. The van der Waals surface area contributed by atoms with Crippen LogP contribution in [0, 0.1) is 0 Å². The van der Waals surface area contributed by atoms with E-state index >= 15 is 0 Å². The molecular formula is C34H43N3O2S. The molecule has 0 bridgehead atoms. The molecule has 1 heterocycles. The molecule has 0 aromatic heterocycles. The van der Waals surface area contributed by atoms with Crippen molar-refractivity contribution in [2.24, 2.45) is 0 Å². The van der Waals surface area contributed by atoms with Gasteiger partial charge in [-0.3, -0.25) is 9.59 Å². The maximum absolute atomic E-state index is 12.7. The van der Waals surface area contributed by atoms with E-state index in [0.717, 1.165) is 17.7 Å². The van der Waals surface area contributed by atoms with Crippen molar-refractivity contribution in [1.82, 2.24) is 10.2 Å². The molecule has 0 saturated carbocycles. The Hall–Kier alpha value is -3.25. The van der Waals surface area contributed by atoms with E-state index in [2.05, 4.69) is 83.9 Å². The number of rotatable bonds is 10. The summed E-state index contributed by atoms with van der Waals surface area (Å²) in [7, 11) is 0. The van der Waals surface area contributed by atoms with E-state index in [1.54, 1.807) is 11.8 Å². The van der Waals surface area contributed by atoms with E-state index in [4.69, 9.17) is 0 Å². The number of nitrogens with zero attached hydrogens (tertiary/aromatic N) is 2. The average molecular weight is 558 g/mol. The summed E-state index contributed by atoms with van der Waals surface area (Å²) >= 11 is 1.84. The van der Waals surface area contributed by atoms with E-state index in [1.807, 2.05) is 32.5 Å². The van der Waals surface area contributed by atoms with E-state index in [0.29, 0.717) is 6.54 Å². The predicted molar refractivity (Wildman–Crippen MR) is 167 cm³/mol. The molecule has 0 spiro atoms. The van der Waals surface area contributed by atoms with Crippen LogP contribution in [0.15, 0.2) is 76.5 Å². The summed E-state index contributed by atoms with van der Waals surface area (Å²) in [5.74, 6) is -0.265. The molecule has 0 saturated heterocycles. The van der Waals surface area contributed by atoms with Gasteiger partial charge >= 0.3 is 0 Å². The van der Waals surface area contributed by atoms with Gasteiger partial charge in [0.25, 0.3) is 0 Å². The summed E-state index contributed by atoms with van der Waals surface area (Å²) in [4.78, 5) is 31.8. The minimum atomic E-state index is -0.554. The number of hydrogen-bond acceptors (Lipinski definition) is 4. The molecule has 2 amide bonds. The van der Waals surface area contributed by atoms with Crippen LogP contribution >= 0.6 is 11.8 Å². The molecule has 1 unspecified atom stereocenters. The number of carbonyl (C=O) groups excluding carboxylic acids is 2. The summed E-state index contributed by atoms with van der Waals surface area (Å²) in [6, 6.07) is 23.2. The zero-order valence-corrected chi connectivity index (χ0v) is 25.6. The Kier molecular flexibility index (Phi) is 9.62. The Labute approximate surface area is 244 Å². The summed E-state index contributed by atoms with van der Waals surface area (Å²) in [6.45, 7) is 12.8. The summed E-state index contributed by atoms with van der Waals surface area (Å²) in [5, 5.41) is 2.98. The molecular weight excluding hydrogens is 514 g/mol. The van der Waals surface area contributed by atoms with Gasteiger partial charge < -0.3 is 15.1 Å². The highest BCUT2D eigenvalue weighted by Gasteiger charge is 2.27. The second kappa shape index (κ2) is 12.9. The van der Waals surface area contributed by atoms with Crippen LogP contribution in [0.2, 0.25) is 0 Å². The maximum atomic E-state index is 12.7. The molecule has 4 rings (SSSR count). The number of unbranched alkanes of at least 4 members (excludes halogenated alkanes) is 3. The van der Waals surface area contributed by atoms with Gasteiger partial charge in [-0.1, -0.05) is 80.4 Å². The zero-order chi connectivity index (χ0) is 28.9. The van der Waals surface area contributed by atoms with Gasteiger partial charge in [0, 0.05) is 35.3 Å². The molecule has 0 aliphatic carbocycles. The molecule has 1 aliphatic heterocycles. The highest BCUT2D eigenvalue weighted by atomic mass is 32.2. The third-order valence-corrected chi connectivity index (χ3v) is 8.36. The quantitative estimate of drug-likeness (QED) is 0.255. The highest BCUT2D eigenvalue weighted by molar-refractivity contribution is 7.99. The van der Waals surface area contributed by atoms with E-state index in [1.165, 1.54) is 59.3 Å². The van der Waals surface area contributed by atoms with Crippen LogP contribution in [0.25, 0.3) is 11.1 Å². The van der Waals surface area contributed by atoms with Crippen LogP contribution in [0.4, 0.5) is 11.4 Å². The fourth-order valence-corrected chi connectivity index (χ4v) is 6.22. The van der Waals surface area contributed by atoms with Crippen molar-refractivity contribution in [2.45, 2.75) is 95.1 Å². The van der Waals surface area contributed by atoms with E-state index in [9.17, 15) is 9.59 Å². The van der Waals surface area contributed by atoms with Crippen LogP contribution in [0.3, 0.4) is 0 Å². The summed E-state index contributed by atoms with van der Waals surface area (Å²) in [6.07, 6.45) is 4.95. The minimum Gasteiger partial charge on any atom is -0.350 e. The van der Waals surface area contributed by atoms with Gasteiger partial charge in [-0.2, -0.15) is 0 Å². The second-order valence-corrected chi connectivity index (χ2v) is 12.8. The maximum Gasteiger partial charge on any atom is 0.242 e. The predicted octanol–water partition coefficient (Wildman–Crippen LogP) is 8.19. The Morgan fingerprint density at radius 2 is 1.57 bits per heavy atom. The van der Waals surface area contributed by atoms with Gasteiger partial charge in [0.15, 0.2) is 0 Å². The number of carbonyl (C=O) groups is 2. The van der Waals surface area contributed by atoms with Crippen LogP contribution < -0.4 is 10.2 Å². The molecule has 0 fully saturated rings. The number of nitrogens with one attached hydrogen (secondary N) is 1. The van der Waals surface area contributed by atoms with Crippen molar-refractivity contribution in [2.75, 3.05) is 11.4 Å². The molecule has 5 nitrogen and oxygen atoms in total. The first-order chi connectivity index (χ1) is 19.1. The molecule has 3 aromatic rings. The SMILES string of the molecule is CCCCCCN1c2ccccc2Sc2cc(-c3ccc(CN(C(C)=O)C(C)C(=O)NC(C)(C)C)cc3)ccc21. The fourth-order valence-electron chi connectivity index (χ4n) is 5.09. The number of fused-ring (bicyclic) bond motifs is 2. The van der Waals surface area contributed by atoms with E-state index in [-0.39, 0.29) is 17.4 Å². The number of para-hydroxylation sites is 1. The lowest BCUT2D eigenvalue weighted by atomic mass is 10.0. The lowest BCUT2D eigenvalue weighted by Crippen LogP contribution is -2.51. The molecule has 1 aliphatic rings. The third kappa shape index (κ3) is 7.28. The first-order valence-electron chi connectivity index (χ1n) is 14.4. The Morgan fingerprint density at radius 3 is 2.25 bits per heavy atom.